The average Bonchev–Trinajstić information content (AvgIpc) is 1.83. The van der Waals surface area contributed by atoms with Gasteiger partial charge in [-0.25, -0.2) is 0 Å². The fourth-order valence-corrected chi connectivity index (χ4v) is 1.83. The molecular formula is C7H14N2O2S. The molecule has 0 aliphatic carbocycles. The fourth-order valence-electron chi connectivity index (χ4n) is 0.611. The molecule has 0 amide bonds. The van der Waals surface area contributed by atoms with Gasteiger partial charge in [0, 0.05) is 6.04 Å². The maximum Gasteiger partial charge on any atom is 0.278 e. The summed E-state index contributed by atoms with van der Waals surface area (Å²) in [5.41, 5.74) is 0. The normalized spacial score (nSPS) is 14.2. The summed E-state index contributed by atoms with van der Waals surface area (Å²) in [4.78, 5) is 0. The van der Waals surface area contributed by atoms with Gasteiger partial charge in [-0.05, 0) is 20.8 Å². The largest absolute Gasteiger partial charge is 0.278 e. The predicted molar refractivity (Wildman–Crippen MR) is 48.6 cm³/mol. The molecule has 12 heavy (non-hydrogen) atoms. The Morgan fingerprint density at radius 3 is 2.08 bits per heavy atom. The Labute approximate surface area is 73.9 Å². The Hall–Kier alpha value is -0.570. The molecule has 0 radical (unpaired) electrons. The van der Waals surface area contributed by atoms with Gasteiger partial charge < -0.3 is 0 Å². The summed E-state index contributed by atoms with van der Waals surface area (Å²) in [5, 5.41) is 0. The third-order valence-electron chi connectivity index (χ3n) is 0.973. The third-order valence-corrected chi connectivity index (χ3v) is 2.42. The van der Waals surface area contributed by atoms with Gasteiger partial charge in [0.1, 0.15) is 0 Å². The molecule has 4 nitrogen and oxygen atoms in total. The number of terminal acetylenes is 1. The predicted octanol–water partition coefficient (Wildman–Crippen LogP) is -0.159. The summed E-state index contributed by atoms with van der Waals surface area (Å²) in [6.07, 6.45) is 5.01. The SMILES string of the molecule is C#CC(C)NS(=O)(=O)NC(C)C. The van der Waals surface area contributed by atoms with Crippen molar-refractivity contribution in [3.63, 3.8) is 0 Å². The smallest absolute Gasteiger partial charge is 0.200 e. The van der Waals surface area contributed by atoms with E-state index in [0.29, 0.717) is 0 Å². The summed E-state index contributed by atoms with van der Waals surface area (Å²) in [5.74, 6) is 2.26. The van der Waals surface area contributed by atoms with Crippen LogP contribution in [0, 0.1) is 12.3 Å². The first-order chi connectivity index (χ1) is 5.37. The van der Waals surface area contributed by atoms with Gasteiger partial charge in [-0.15, -0.1) is 6.42 Å². The highest BCUT2D eigenvalue weighted by molar-refractivity contribution is 7.87. The van der Waals surface area contributed by atoms with E-state index in [1.54, 1.807) is 20.8 Å². The average molecular weight is 190 g/mol. The van der Waals surface area contributed by atoms with Crippen LogP contribution in [0.2, 0.25) is 0 Å². The van der Waals surface area contributed by atoms with Crippen molar-refractivity contribution in [2.45, 2.75) is 32.9 Å². The quantitative estimate of drug-likeness (QED) is 0.605. The maximum atomic E-state index is 11.1. The molecule has 70 valence electrons. The molecule has 1 unspecified atom stereocenters. The minimum absolute atomic E-state index is 0.132. The first-order valence-corrected chi connectivity index (χ1v) is 5.11. The molecule has 0 heterocycles. The molecule has 0 saturated carbocycles. The van der Waals surface area contributed by atoms with Crippen molar-refractivity contribution in [1.82, 2.24) is 9.44 Å². The highest BCUT2D eigenvalue weighted by atomic mass is 32.2. The molecule has 1 atom stereocenters. The van der Waals surface area contributed by atoms with Crippen molar-refractivity contribution in [1.29, 1.82) is 0 Å². The lowest BCUT2D eigenvalue weighted by atomic mass is 10.4. The molecule has 0 fully saturated rings. The van der Waals surface area contributed by atoms with Gasteiger partial charge in [0.05, 0.1) is 6.04 Å². The van der Waals surface area contributed by atoms with Crippen LogP contribution in [0.15, 0.2) is 0 Å². The molecule has 0 spiro atoms. The van der Waals surface area contributed by atoms with Crippen LogP contribution in [0.5, 0.6) is 0 Å². The standard InChI is InChI=1S/C7H14N2O2S/c1-5-7(4)9-12(10,11)8-6(2)3/h1,6-9H,2-4H3. The van der Waals surface area contributed by atoms with E-state index in [-0.39, 0.29) is 6.04 Å². The van der Waals surface area contributed by atoms with Gasteiger partial charge in [0.2, 0.25) is 0 Å². The van der Waals surface area contributed by atoms with Crippen LogP contribution in [0.3, 0.4) is 0 Å². The second-order valence-electron chi connectivity index (χ2n) is 2.78. The summed E-state index contributed by atoms with van der Waals surface area (Å²) in [6, 6.07) is -0.617. The molecule has 0 aromatic heterocycles. The van der Waals surface area contributed by atoms with E-state index in [0.717, 1.165) is 0 Å². The summed E-state index contributed by atoms with van der Waals surface area (Å²) < 4.78 is 26.8. The lowest BCUT2D eigenvalue weighted by molar-refractivity contribution is 0.551. The molecule has 0 aromatic rings. The first kappa shape index (κ1) is 11.4. The van der Waals surface area contributed by atoms with Crippen molar-refractivity contribution in [2.75, 3.05) is 0 Å². The van der Waals surface area contributed by atoms with Crippen molar-refractivity contribution in [2.24, 2.45) is 0 Å². The van der Waals surface area contributed by atoms with Gasteiger partial charge in [-0.3, -0.25) is 0 Å². The topological polar surface area (TPSA) is 58.2 Å². The van der Waals surface area contributed by atoms with Crippen LogP contribution in [0.4, 0.5) is 0 Å². The zero-order chi connectivity index (χ0) is 9.78. The Kier molecular flexibility index (Phi) is 4.24. The molecule has 0 saturated heterocycles. The number of hydrogen-bond acceptors (Lipinski definition) is 2. The second kappa shape index (κ2) is 4.45. The highest BCUT2D eigenvalue weighted by Crippen LogP contribution is 1.86. The summed E-state index contributed by atoms with van der Waals surface area (Å²) in [6.45, 7) is 5.07. The number of nitrogens with one attached hydrogen (secondary N) is 2. The molecule has 0 aromatic carbocycles. The summed E-state index contributed by atoms with van der Waals surface area (Å²) >= 11 is 0. The van der Waals surface area contributed by atoms with Crippen LogP contribution in [0.25, 0.3) is 0 Å². The van der Waals surface area contributed by atoms with E-state index in [4.69, 9.17) is 6.42 Å². The molecule has 0 rings (SSSR count). The minimum Gasteiger partial charge on any atom is -0.200 e. The van der Waals surface area contributed by atoms with Gasteiger partial charge in [-0.2, -0.15) is 17.9 Å². The molecular weight excluding hydrogens is 176 g/mol. The summed E-state index contributed by atoms with van der Waals surface area (Å²) in [7, 11) is -3.43. The lowest BCUT2D eigenvalue weighted by Crippen LogP contribution is -2.43. The number of hydrogen-bond donors (Lipinski definition) is 2. The van der Waals surface area contributed by atoms with Crippen molar-refractivity contribution < 1.29 is 8.42 Å². The zero-order valence-corrected chi connectivity index (χ0v) is 8.27. The van der Waals surface area contributed by atoms with Crippen LogP contribution >= 0.6 is 0 Å². The van der Waals surface area contributed by atoms with Gasteiger partial charge in [0.25, 0.3) is 10.2 Å². The lowest BCUT2D eigenvalue weighted by Gasteiger charge is -2.11. The Morgan fingerprint density at radius 2 is 1.75 bits per heavy atom. The van der Waals surface area contributed by atoms with Gasteiger partial charge in [-0.1, -0.05) is 5.92 Å². The van der Waals surface area contributed by atoms with E-state index in [1.165, 1.54) is 0 Å². The van der Waals surface area contributed by atoms with Crippen molar-refractivity contribution in [3.8, 4) is 12.3 Å². The van der Waals surface area contributed by atoms with Crippen LogP contribution in [-0.4, -0.2) is 20.5 Å². The van der Waals surface area contributed by atoms with E-state index < -0.39 is 16.3 Å². The van der Waals surface area contributed by atoms with Gasteiger partial charge >= 0.3 is 0 Å². The first-order valence-electron chi connectivity index (χ1n) is 3.63. The molecule has 0 aliphatic rings. The molecule has 0 bridgehead atoms. The Morgan fingerprint density at radius 1 is 1.25 bits per heavy atom. The molecule has 5 heteroatoms. The van der Waals surface area contributed by atoms with Crippen molar-refractivity contribution in [3.05, 3.63) is 0 Å². The van der Waals surface area contributed by atoms with Crippen molar-refractivity contribution >= 4 is 10.2 Å². The monoisotopic (exact) mass is 190 g/mol. The van der Waals surface area contributed by atoms with Crippen LogP contribution in [0.1, 0.15) is 20.8 Å². The molecule has 0 aliphatic heterocycles. The maximum absolute atomic E-state index is 11.1. The zero-order valence-electron chi connectivity index (χ0n) is 7.46. The molecule has 2 N–H and O–H groups in total. The van der Waals surface area contributed by atoms with E-state index in [2.05, 4.69) is 15.4 Å². The van der Waals surface area contributed by atoms with E-state index in [9.17, 15) is 8.42 Å². The highest BCUT2D eigenvalue weighted by Gasteiger charge is 2.12. The second-order valence-corrected chi connectivity index (χ2v) is 4.26. The van der Waals surface area contributed by atoms with Gasteiger partial charge in [0.15, 0.2) is 0 Å². The Bertz CT molecular complexity index is 264. The number of rotatable bonds is 4. The fraction of sp³-hybridized carbons (Fsp3) is 0.714. The third kappa shape index (κ3) is 5.13. The van der Waals surface area contributed by atoms with Crippen LogP contribution < -0.4 is 9.44 Å². The Balaban J connectivity index is 4.17. The van der Waals surface area contributed by atoms with E-state index in [1.807, 2.05) is 0 Å². The minimum atomic E-state index is -3.43. The van der Waals surface area contributed by atoms with Crippen LogP contribution in [-0.2, 0) is 10.2 Å². The van der Waals surface area contributed by atoms with E-state index >= 15 is 0 Å².